The van der Waals surface area contributed by atoms with Crippen molar-refractivity contribution in [2.45, 2.75) is 19.9 Å². The molecule has 182 valence electrons. The molecule has 0 fully saturated rings. The number of ether oxygens (including phenoxy) is 2. The van der Waals surface area contributed by atoms with E-state index in [0.29, 0.717) is 35.3 Å². The molecule has 0 spiro atoms. The molecule has 1 atom stereocenters. The molecule has 2 amide bonds. The Balaban J connectivity index is 1.61. The minimum atomic E-state index is -0.494. The summed E-state index contributed by atoms with van der Waals surface area (Å²) in [7, 11) is 1.61. The zero-order valence-corrected chi connectivity index (χ0v) is 20.3. The Labute approximate surface area is 209 Å². The second-order valence-corrected chi connectivity index (χ2v) is 8.21. The number of carbonyl (C=O) groups excluding carboxylic acids is 1. The van der Waals surface area contributed by atoms with Crippen molar-refractivity contribution < 1.29 is 18.8 Å². The van der Waals surface area contributed by atoms with E-state index in [1.54, 1.807) is 12.0 Å². The zero-order valence-electron chi connectivity index (χ0n) is 20.3. The lowest BCUT2D eigenvalue weighted by atomic mass is 9.94. The van der Waals surface area contributed by atoms with E-state index in [1.165, 1.54) is 0 Å². The summed E-state index contributed by atoms with van der Waals surface area (Å²) >= 11 is 0. The number of aromatic nitrogens is 2. The Kier molecular flexibility index (Phi) is 6.40. The number of anilines is 1. The van der Waals surface area contributed by atoms with Crippen molar-refractivity contribution in [1.82, 2.24) is 15.5 Å². The second kappa shape index (κ2) is 9.95. The lowest BCUT2D eigenvalue weighted by Crippen LogP contribution is -2.46. The SMILES string of the molecule is CCOc1ccc(C2NC(=O)N(c3ccccc3)C(C)=C2c2nc(-c3cccc(OC)c3)no2)cc1. The number of nitrogens with one attached hydrogen (secondary N) is 1. The van der Waals surface area contributed by atoms with E-state index in [4.69, 9.17) is 19.0 Å². The van der Waals surface area contributed by atoms with E-state index in [9.17, 15) is 4.79 Å². The van der Waals surface area contributed by atoms with E-state index in [0.717, 1.165) is 22.6 Å². The van der Waals surface area contributed by atoms with Gasteiger partial charge < -0.3 is 19.3 Å². The monoisotopic (exact) mass is 482 g/mol. The molecule has 8 nitrogen and oxygen atoms in total. The number of hydrogen-bond donors (Lipinski definition) is 1. The van der Waals surface area contributed by atoms with Gasteiger partial charge in [-0.3, -0.25) is 4.90 Å². The molecule has 0 radical (unpaired) electrons. The first-order chi connectivity index (χ1) is 17.6. The largest absolute Gasteiger partial charge is 0.497 e. The summed E-state index contributed by atoms with van der Waals surface area (Å²) in [5, 5.41) is 7.35. The van der Waals surface area contributed by atoms with E-state index in [2.05, 4.69) is 10.5 Å². The maximum absolute atomic E-state index is 13.3. The Morgan fingerprint density at radius 1 is 1.00 bits per heavy atom. The molecule has 36 heavy (non-hydrogen) atoms. The number of rotatable bonds is 7. The standard InChI is InChI=1S/C28H26N4O4/c1-4-35-22-15-13-19(14-16-22)25-24(18(2)32(28(33)29-25)21-10-6-5-7-11-21)27-30-26(31-36-27)20-9-8-12-23(17-20)34-3/h5-17,25H,4H2,1-3H3,(H,29,33). The van der Waals surface area contributed by atoms with Crippen molar-refractivity contribution in [1.29, 1.82) is 0 Å². The smallest absolute Gasteiger partial charge is 0.326 e. The molecular weight excluding hydrogens is 456 g/mol. The molecule has 0 bridgehead atoms. The van der Waals surface area contributed by atoms with E-state index < -0.39 is 6.04 Å². The molecule has 1 aliphatic heterocycles. The summed E-state index contributed by atoms with van der Waals surface area (Å²) in [4.78, 5) is 19.6. The predicted molar refractivity (Wildman–Crippen MR) is 137 cm³/mol. The van der Waals surface area contributed by atoms with Crippen LogP contribution in [0.5, 0.6) is 11.5 Å². The molecule has 1 aromatic heterocycles. The van der Waals surface area contributed by atoms with Crippen LogP contribution in [0.2, 0.25) is 0 Å². The average Bonchev–Trinajstić information content (AvgIpc) is 3.39. The molecule has 1 aliphatic rings. The summed E-state index contributed by atoms with van der Waals surface area (Å²) < 4.78 is 16.7. The zero-order chi connectivity index (χ0) is 25.1. The summed E-state index contributed by atoms with van der Waals surface area (Å²) in [5.41, 5.74) is 3.78. The van der Waals surface area contributed by atoms with Gasteiger partial charge in [0.05, 0.1) is 31.0 Å². The molecule has 8 heteroatoms. The van der Waals surface area contributed by atoms with Gasteiger partial charge in [-0.25, -0.2) is 4.79 Å². The van der Waals surface area contributed by atoms with Gasteiger partial charge in [-0.2, -0.15) is 4.98 Å². The summed E-state index contributed by atoms with van der Waals surface area (Å²) in [6.07, 6.45) is 0. The van der Waals surface area contributed by atoms with Crippen LogP contribution in [0.25, 0.3) is 17.0 Å². The van der Waals surface area contributed by atoms with E-state index >= 15 is 0 Å². The van der Waals surface area contributed by atoms with Crippen molar-refractivity contribution in [3.63, 3.8) is 0 Å². The van der Waals surface area contributed by atoms with Gasteiger partial charge in [-0.05, 0) is 55.8 Å². The fourth-order valence-electron chi connectivity index (χ4n) is 4.29. The quantitative estimate of drug-likeness (QED) is 0.356. The predicted octanol–water partition coefficient (Wildman–Crippen LogP) is 5.85. The third kappa shape index (κ3) is 4.40. The highest BCUT2D eigenvalue weighted by Gasteiger charge is 2.36. The van der Waals surface area contributed by atoms with Crippen molar-refractivity contribution in [2.75, 3.05) is 18.6 Å². The lowest BCUT2D eigenvalue weighted by molar-refractivity contribution is 0.244. The second-order valence-electron chi connectivity index (χ2n) is 8.21. The number of benzene rings is 3. The van der Waals surface area contributed by atoms with Crippen LogP contribution in [0.3, 0.4) is 0 Å². The van der Waals surface area contributed by atoms with Crippen LogP contribution in [0.15, 0.2) is 89.1 Å². The van der Waals surface area contributed by atoms with Crippen LogP contribution < -0.4 is 19.7 Å². The van der Waals surface area contributed by atoms with Gasteiger partial charge in [0.1, 0.15) is 11.5 Å². The third-order valence-electron chi connectivity index (χ3n) is 6.01. The van der Waals surface area contributed by atoms with Gasteiger partial charge >= 0.3 is 6.03 Å². The van der Waals surface area contributed by atoms with Gasteiger partial charge in [0, 0.05) is 11.3 Å². The van der Waals surface area contributed by atoms with E-state index in [-0.39, 0.29) is 6.03 Å². The Morgan fingerprint density at radius 2 is 1.78 bits per heavy atom. The number of urea groups is 1. The number of amides is 2. The number of hydrogen-bond acceptors (Lipinski definition) is 6. The van der Waals surface area contributed by atoms with Crippen molar-refractivity contribution in [3.05, 3.63) is 96.0 Å². The summed E-state index contributed by atoms with van der Waals surface area (Å²) in [6, 6.07) is 23.8. The molecule has 4 aromatic rings. The molecule has 0 saturated heterocycles. The van der Waals surface area contributed by atoms with Crippen molar-refractivity contribution in [3.8, 4) is 22.9 Å². The van der Waals surface area contributed by atoms with Crippen molar-refractivity contribution in [2.24, 2.45) is 0 Å². The van der Waals surface area contributed by atoms with Gasteiger partial charge in [-0.15, -0.1) is 0 Å². The molecule has 0 aliphatic carbocycles. The molecule has 0 saturated carbocycles. The third-order valence-corrected chi connectivity index (χ3v) is 6.01. The van der Waals surface area contributed by atoms with Crippen LogP contribution >= 0.6 is 0 Å². The van der Waals surface area contributed by atoms with Crippen LogP contribution in [0.4, 0.5) is 10.5 Å². The Bertz CT molecular complexity index is 1400. The first-order valence-corrected chi connectivity index (χ1v) is 11.7. The first-order valence-electron chi connectivity index (χ1n) is 11.7. The average molecular weight is 483 g/mol. The van der Waals surface area contributed by atoms with Crippen LogP contribution in [-0.2, 0) is 0 Å². The summed E-state index contributed by atoms with van der Waals surface area (Å²) in [5.74, 6) is 2.21. The normalized spacial score (nSPS) is 15.6. The molecule has 3 aromatic carbocycles. The lowest BCUT2D eigenvalue weighted by Gasteiger charge is -2.35. The van der Waals surface area contributed by atoms with Crippen LogP contribution in [-0.4, -0.2) is 29.9 Å². The number of nitrogens with zero attached hydrogens (tertiary/aromatic N) is 3. The molecular formula is C28H26N4O4. The Morgan fingerprint density at radius 3 is 2.50 bits per heavy atom. The van der Waals surface area contributed by atoms with Crippen LogP contribution in [0, 0.1) is 0 Å². The van der Waals surface area contributed by atoms with Gasteiger partial charge in [-0.1, -0.05) is 47.6 Å². The molecule has 1 unspecified atom stereocenters. The topological polar surface area (TPSA) is 89.7 Å². The fraction of sp³-hybridized carbons (Fsp3) is 0.179. The van der Waals surface area contributed by atoms with Gasteiger partial charge in [0.25, 0.3) is 5.89 Å². The highest BCUT2D eigenvalue weighted by Crippen LogP contribution is 2.39. The first kappa shape index (κ1) is 23.2. The van der Waals surface area contributed by atoms with Gasteiger partial charge in [0.15, 0.2) is 0 Å². The summed E-state index contributed by atoms with van der Waals surface area (Å²) in [6.45, 7) is 4.40. The minimum absolute atomic E-state index is 0.242. The highest BCUT2D eigenvalue weighted by atomic mass is 16.5. The Hall–Kier alpha value is -4.59. The molecule has 2 heterocycles. The number of carbonyl (C=O) groups is 1. The van der Waals surface area contributed by atoms with Crippen LogP contribution in [0.1, 0.15) is 31.3 Å². The number of para-hydroxylation sites is 1. The maximum atomic E-state index is 13.3. The van der Waals surface area contributed by atoms with E-state index in [1.807, 2.05) is 92.7 Å². The minimum Gasteiger partial charge on any atom is -0.497 e. The maximum Gasteiger partial charge on any atom is 0.326 e. The fourth-order valence-corrected chi connectivity index (χ4v) is 4.29. The van der Waals surface area contributed by atoms with Gasteiger partial charge in [0.2, 0.25) is 5.82 Å². The van der Waals surface area contributed by atoms with Crippen molar-refractivity contribution >= 4 is 17.3 Å². The highest BCUT2D eigenvalue weighted by molar-refractivity contribution is 6.01. The molecule has 5 rings (SSSR count). The number of allylic oxidation sites excluding steroid dienone is 1. The molecule has 1 N–H and O–H groups in total. The number of methoxy groups -OCH3 is 1.